The van der Waals surface area contributed by atoms with Crippen LogP contribution in [0.4, 0.5) is 0 Å². The second kappa shape index (κ2) is 10.00. The molecule has 118 valence electrons. The van der Waals surface area contributed by atoms with E-state index in [1.54, 1.807) is 0 Å². The number of likely N-dealkylation sites (tertiary alicyclic amines) is 1. The Kier molecular flexibility index (Phi) is 8.62. The van der Waals surface area contributed by atoms with Crippen molar-refractivity contribution in [1.82, 2.24) is 20.4 Å². The van der Waals surface area contributed by atoms with Crippen molar-refractivity contribution >= 4 is 5.96 Å². The molecule has 1 saturated heterocycles. The minimum Gasteiger partial charge on any atom is -0.355 e. The summed E-state index contributed by atoms with van der Waals surface area (Å²) in [4.78, 5) is 9.14. The lowest BCUT2D eigenvalue weighted by Gasteiger charge is -2.26. The highest BCUT2D eigenvalue weighted by Crippen LogP contribution is 2.07. The first kappa shape index (κ1) is 17.2. The summed E-state index contributed by atoms with van der Waals surface area (Å²) >= 11 is 0. The molecule has 1 aliphatic rings. The van der Waals surface area contributed by atoms with E-state index in [1.807, 2.05) is 7.05 Å². The second-order valence-electron chi connectivity index (χ2n) is 5.90. The van der Waals surface area contributed by atoms with Crippen LogP contribution in [0.1, 0.15) is 33.1 Å². The third-order valence-electron chi connectivity index (χ3n) is 4.03. The lowest BCUT2D eigenvalue weighted by molar-refractivity contribution is 0.232. The quantitative estimate of drug-likeness (QED) is 0.540. The maximum absolute atomic E-state index is 4.27. The summed E-state index contributed by atoms with van der Waals surface area (Å²) in [5, 5.41) is 6.77. The molecule has 0 aromatic rings. The average Bonchev–Trinajstić information content (AvgIpc) is 2.46. The highest BCUT2D eigenvalue weighted by Gasteiger charge is 2.09. The minimum atomic E-state index is 0.589. The van der Waals surface area contributed by atoms with Gasteiger partial charge in [-0.2, -0.15) is 0 Å². The maximum atomic E-state index is 4.27. The molecule has 0 amide bonds. The fourth-order valence-corrected chi connectivity index (χ4v) is 2.34. The van der Waals surface area contributed by atoms with Gasteiger partial charge in [-0.25, -0.2) is 0 Å². The number of nitrogens with one attached hydrogen (secondary N) is 2. The van der Waals surface area contributed by atoms with Crippen molar-refractivity contribution in [2.24, 2.45) is 4.99 Å². The van der Waals surface area contributed by atoms with Crippen LogP contribution >= 0.6 is 0 Å². The number of likely N-dealkylation sites (N-methyl/N-ethyl adjacent to an activating group) is 1. The smallest absolute Gasteiger partial charge is 0.191 e. The van der Waals surface area contributed by atoms with Crippen LogP contribution in [0.25, 0.3) is 0 Å². The topological polar surface area (TPSA) is 42.9 Å². The van der Waals surface area contributed by atoms with Gasteiger partial charge in [0.2, 0.25) is 0 Å². The standard InChI is InChI=1S/C15H33N5/c1-14(2)19(4)12-8-17-15(16-3)18-9-13-20-10-6-5-7-11-20/h14H,5-13H2,1-4H3,(H2,16,17,18). The van der Waals surface area contributed by atoms with Gasteiger partial charge in [-0.1, -0.05) is 6.42 Å². The van der Waals surface area contributed by atoms with Crippen molar-refractivity contribution in [2.75, 3.05) is 53.4 Å². The zero-order valence-corrected chi connectivity index (χ0v) is 13.8. The Balaban J connectivity index is 2.10. The van der Waals surface area contributed by atoms with Gasteiger partial charge in [-0.15, -0.1) is 0 Å². The predicted octanol–water partition coefficient (Wildman–Crippen LogP) is 0.978. The Morgan fingerprint density at radius 2 is 1.80 bits per heavy atom. The molecule has 0 unspecified atom stereocenters. The Labute approximate surface area is 124 Å². The first-order chi connectivity index (χ1) is 9.63. The third kappa shape index (κ3) is 7.10. The number of hydrogen-bond acceptors (Lipinski definition) is 3. The van der Waals surface area contributed by atoms with E-state index in [4.69, 9.17) is 0 Å². The Morgan fingerprint density at radius 3 is 2.40 bits per heavy atom. The first-order valence-electron chi connectivity index (χ1n) is 8.00. The van der Waals surface area contributed by atoms with Gasteiger partial charge in [0.1, 0.15) is 0 Å². The van der Waals surface area contributed by atoms with E-state index in [0.717, 1.165) is 32.1 Å². The average molecular weight is 283 g/mol. The predicted molar refractivity (Wildman–Crippen MR) is 87.4 cm³/mol. The van der Waals surface area contributed by atoms with Gasteiger partial charge < -0.3 is 20.4 Å². The molecule has 0 atom stereocenters. The van der Waals surface area contributed by atoms with Gasteiger partial charge in [-0.3, -0.25) is 4.99 Å². The number of aliphatic imine (C=N–C) groups is 1. The summed E-state index contributed by atoms with van der Waals surface area (Å²) in [6.45, 7) is 11.0. The van der Waals surface area contributed by atoms with Gasteiger partial charge in [0, 0.05) is 39.3 Å². The summed E-state index contributed by atoms with van der Waals surface area (Å²) in [5.74, 6) is 0.916. The van der Waals surface area contributed by atoms with Crippen LogP contribution in [-0.2, 0) is 0 Å². The van der Waals surface area contributed by atoms with Crippen LogP contribution in [-0.4, -0.2) is 75.2 Å². The molecule has 1 fully saturated rings. The Morgan fingerprint density at radius 1 is 1.15 bits per heavy atom. The van der Waals surface area contributed by atoms with E-state index in [-0.39, 0.29) is 0 Å². The summed E-state index contributed by atoms with van der Waals surface area (Å²) in [5.41, 5.74) is 0. The van der Waals surface area contributed by atoms with Crippen molar-refractivity contribution in [1.29, 1.82) is 0 Å². The Bertz CT molecular complexity index is 271. The number of nitrogens with zero attached hydrogens (tertiary/aromatic N) is 3. The van der Waals surface area contributed by atoms with E-state index in [1.165, 1.54) is 32.4 Å². The molecule has 0 saturated carbocycles. The molecular weight excluding hydrogens is 250 g/mol. The number of hydrogen-bond donors (Lipinski definition) is 2. The van der Waals surface area contributed by atoms with Gasteiger partial charge in [0.25, 0.3) is 0 Å². The molecule has 0 radical (unpaired) electrons. The monoisotopic (exact) mass is 283 g/mol. The van der Waals surface area contributed by atoms with E-state index in [0.29, 0.717) is 6.04 Å². The molecule has 0 aromatic carbocycles. The zero-order chi connectivity index (χ0) is 14.8. The van der Waals surface area contributed by atoms with Crippen molar-refractivity contribution in [2.45, 2.75) is 39.2 Å². The van der Waals surface area contributed by atoms with Gasteiger partial charge in [-0.05, 0) is 46.8 Å². The van der Waals surface area contributed by atoms with Crippen LogP contribution in [0.15, 0.2) is 4.99 Å². The molecule has 0 spiro atoms. The molecule has 1 rings (SSSR count). The summed E-state index contributed by atoms with van der Waals surface area (Å²) in [7, 11) is 3.99. The van der Waals surface area contributed by atoms with Crippen molar-refractivity contribution in [3.63, 3.8) is 0 Å². The number of rotatable bonds is 7. The lowest BCUT2D eigenvalue weighted by Crippen LogP contribution is -2.45. The maximum Gasteiger partial charge on any atom is 0.191 e. The van der Waals surface area contributed by atoms with E-state index in [9.17, 15) is 0 Å². The molecule has 0 aliphatic carbocycles. The van der Waals surface area contributed by atoms with Gasteiger partial charge >= 0.3 is 0 Å². The third-order valence-corrected chi connectivity index (χ3v) is 4.03. The van der Waals surface area contributed by atoms with E-state index < -0.39 is 0 Å². The van der Waals surface area contributed by atoms with Crippen LogP contribution in [0.2, 0.25) is 0 Å². The summed E-state index contributed by atoms with van der Waals surface area (Å²) < 4.78 is 0. The van der Waals surface area contributed by atoms with Gasteiger partial charge in [0.05, 0.1) is 0 Å². The van der Waals surface area contributed by atoms with Crippen LogP contribution in [0.3, 0.4) is 0 Å². The molecule has 20 heavy (non-hydrogen) atoms. The highest BCUT2D eigenvalue weighted by atomic mass is 15.2. The van der Waals surface area contributed by atoms with Crippen LogP contribution < -0.4 is 10.6 Å². The fourth-order valence-electron chi connectivity index (χ4n) is 2.34. The second-order valence-corrected chi connectivity index (χ2v) is 5.90. The lowest BCUT2D eigenvalue weighted by atomic mass is 10.1. The normalized spacial score (nSPS) is 17.8. The molecule has 1 heterocycles. The number of piperidine rings is 1. The summed E-state index contributed by atoms with van der Waals surface area (Å²) in [6, 6.07) is 0.589. The molecule has 2 N–H and O–H groups in total. The van der Waals surface area contributed by atoms with E-state index in [2.05, 4.69) is 46.3 Å². The molecule has 1 aliphatic heterocycles. The minimum absolute atomic E-state index is 0.589. The fraction of sp³-hybridized carbons (Fsp3) is 0.933. The Hall–Kier alpha value is -0.810. The van der Waals surface area contributed by atoms with Crippen molar-refractivity contribution in [3.8, 4) is 0 Å². The molecule has 5 heteroatoms. The SMILES string of the molecule is CN=C(NCCN1CCCCC1)NCCN(C)C(C)C. The molecular formula is C15H33N5. The number of guanidine groups is 1. The first-order valence-corrected chi connectivity index (χ1v) is 8.00. The highest BCUT2D eigenvalue weighted by molar-refractivity contribution is 5.79. The van der Waals surface area contributed by atoms with Crippen molar-refractivity contribution in [3.05, 3.63) is 0 Å². The van der Waals surface area contributed by atoms with Crippen molar-refractivity contribution < 1.29 is 0 Å². The van der Waals surface area contributed by atoms with E-state index >= 15 is 0 Å². The summed E-state index contributed by atoms with van der Waals surface area (Å²) in [6.07, 6.45) is 4.11. The molecule has 0 aromatic heterocycles. The van der Waals surface area contributed by atoms with Crippen LogP contribution in [0.5, 0.6) is 0 Å². The molecule has 5 nitrogen and oxygen atoms in total. The van der Waals surface area contributed by atoms with Gasteiger partial charge in [0.15, 0.2) is 5.96 Å². The molecule has 0 bridgehead atoms. The largest absolute Gasteiger partial charge is 0.355 e. The van der Waals surface area contributed by atoms with Crippen LogP contribution in [0, 0.1) is 0 Å². The zero-order valence-electron chi connectivity index (χ0n) is 13.8.